The first-order chi connectivity index (χ1) is 8.95. The van der Waals surface area contributed by atoms with E-state index in [0.29, 0.717) is 10.8 Å². The molecule has 0 aliphatic rings. The van der Waals surface area contributed by atoms with Gasteiger partial charge in [-0.1, -0.05) is 29.3 Å². The zero-order valence-corrected chi connectivity index (χ0v) is 11.4. The molecule has 6 heteroatoms. The molecule has 2 aromatic rings. The highest BCUT2D eigenvalue weighted by Crippen LogP contribution is 2.30. The number of halogens is 2. The molecular weight excluding hydrogens is 289 g/mol. The van der Waals surface area contributed by atoms with Crippen molar-refractivity contribution in [1.29, 1.82) is 0 Å². The molecule has 1 aromatic carbocycles. The highest BCUT2D eigenvalue weighted by Gasteiger charge is 2.10. The van der Waals surface area contributed by atoms with E-state index in [9.17, 15) is 4.79 Å². The number of pyridine rings is 1. The lowest BCUT2D eigenvalue weighted by Gasteiger charge is -2.08. The van der Waals surface area contributed by atoms with Crippen molar-refractivity contribution in [2.75, 3.05) is 0 Å². The van der Waals surface area contributed by atoms with E-state index < -0.39 is 5.97 Å². The Kier molecular flexibility index (Phi) is 3.93. The number of nitrogens with zero attached hydrogens (tertiary/aromatic N) is 1. The van der Waals surface area contributed by atoms with Crippen molar-refractivity contribution >= 4 is 29.2 Å². The number of aromatic nitrogens is 1. The molecule has 1 N–H and O–H groups in total. The Morgan fingerprint density at radius 2 is 2.00 bits per heavy atom. The molecular formula is C13H9Cl2NO3. The third kappa shape index (κ3) is 3.36. The largest absolute Gasteiger partial charge is 0.478 e. The highest BCUT2D eigenvalue weighted by atomic mass is 35.5. The van der Waals surface area contributed by atoms with Crippen LogP contribution in [0.25, 0.3) is 0 Å². The topological polar surface area (TPSA) is 59.4 Å². The number of aromatic carboxylic acids is 1. The molecule has 0 unspecified atom stereocenters. The fraction of sp³-hybridized carbons (Fsp3) is 0.0769. The third-order valence-electron chi connectivity index (χ3n) is 2.32. The first-order valence-corrected chi connectivity index (χ1v) is 6.06. The SMILES string of the molecule is Cc1ccc(Oc2cc(C(=O)O)cc(Cl)n2)c(Cl)c1. The summed E-state index contributed by atoms with van der Waals surface area (Å²) in [5.74, 6) is -0.641. The van der Waals surface area contributed by atoms with E-state index in [0.717, 1.165) is 5.56 Å². The number of hydrogen-bond acceptors (Lipinski definition) is 3. The van der Waals surface area contributed by atoms with Crippen molar-refractivity contribution < 1.29 is 14.6 Å². The average molecular weight is 298 g/mol. The quantitative estimate of drug-likeness (QED) is 0.863. The molecule has 1 heterocycles. The minimum atomic E-state index is -1.11. The molecule has 0 bridgehead atoms. The molecule has 0 aliphatic heterocycles. The molecule has 0 radical (unpaired) electrons. The van der Waals surface area contributed by atoms with Crippen LogP contribution in [-0.4, -0.2) is 16.1 Å². The molecule has 0 fully saturated rings. The molecule has 19 heavy (non-hydrogen) atoms. The first kappa shape index (κ1) is 13.6. The number of rotatable bonds is 3. The number of carboxylic acids is 1. The number of carbonyl (C=O) groups is 1. The minimum absolute atomic E-state index is 0.00164. The predicted molar refractivity (Wildman–Crippen MR) is 72.5 cm³/mol. The van der Waals surface area contributed by atoms with E-state index in [-0.39, 0.29) is 16.6 Å². The second-order valence-electron chi connectivity index (χ2n) is 3.86. The van der Waals surface area contributed by atoms with Crippen LogP contribution in [0, 0.1) is 6.92 Å². The Balaban J connectivity index is 2.35. The molecule has 0 saturated heterocycles. The summed E-state index contributed by atoms with van der Waals surface area (Å²) in [5.41, 5.74) is 0.987. The first-order valence-electron chi connectivity index (χ1n) is 5.30. The lowest BCUT2D eigenvalue weighted by molar-refractivity contribution is 0.0696. The van der Waals surface area contributed by atoms with E-state index in [4.69, 9.17) is 33.0 Å². The van der Waals surface area contributed by atoms with Gasteiger partial charge >= 0.3 is 5.97 Å². The van der Waals surface area contributed by atoms with Crippen LogP contribution in [0.15, 0.2) is 30.3 Å². The summed E-state index contributed by atoms with van der Waals surface area (Å²) >= 11 is 11.8. The van der Waals surface area contributed by atoms with Crippen molar-refractivity contribution in [1.82, 2.24) is 4.98 Å². The van der Waals surface area contributed by atoms with E-state index in [1.165, 1.54) is 12.1 Å². The van der Waals surface area contributed by atoms with Gasteiger partial charge in [-0.15, -0.1) is 0 Å². The zero-order valence-electron chi connectivity index (χ0n) is 9.85. The highest BCUT2D eigenvalue weighted by molar-refractivity contribution is 6.32. The molecule has 2 rings (SSSR count). The summed E-state index contributed by atoms with van der Waals surface area (Å²) in [7, 11) is 0. The van der Waals surface area contributed by atoms with Crippen molar-refractivity contribution in [3.63, 3.8) is 0 Å². The fourth-order valence-electron chi connectivity index (χ4n) is 1.45. The molecule has 1 aromatic heterocycles. The van der Waals surface area contributed by atoms with Gasteiger partial charge in [-0.3, -0.25) is 0 Å². The Hall–Kier alpha value is -1.78. The second kappa shape index (κ2) is 5.47. The van der Waals surface area contributed by atoms with E-state index in [1.54, 1.807) is 12.1 Å². The summed E-state index contributed by atoms with van der Waals surface area (Å²) in [4.78, 5) is 14.8. The van der Waals surface area contributed by atoms with Gasteiger partial charge in [-0.25, -0.2) is 9.78 Å². The van der Waals surface area contributed by atoms with Gasteiger partial charge < -0.3 is 9.84 Å². The number of benzene rings is 1. The van der Waals surface area contributed by atoms with Crippen molar-refractivity contribution in [2.45, 2.75) is 6.92 Å². The lowest BCUT2D eigenvalue weighted by atomic mass is 10.2. The van der Waals surface area contributed by atoms with Crippen LogP contribution in [0.5, 0.6) is 11.6 Å². The van der Waals surface area contributed by atoms with Crippen LogP contribution in [0.4, 0.5) is 0 Å². The van der Waals surface area contributed by atoms with Crippen LogP contribution >= 0.6 is 23.2 Å². The summed E-state index contributed by atoms with van der Waals surface area (Å²) in [6, 6.07) is 7.77. The summed E-state index contributed by atoms with van der Waals surface area (Å²) in [6.07, 6.45) is 0. The van der Waals surface area contributed by atoms with Crippen molar-refractivity contribution in [3.05, 3.63) is 51.6 Å². The van der Waals surface area contributed by atoms with Gasteiger partial charge in [0.25, 0.3) is 0 Å². The molecule has 0 atom stereocenters. The van der Waals surface area contributed by atoms with E-state index in [2.05, 4.69) is 4.98 Å². The van der Waals surface area contributed by atoms with Gasteiger partial charge in [0.1, 0.15) is 10.9 Å². The summed E-state index contributed by atoms with van der Waals surface area (Å²) < 4.78 is 5.44. The molecule has 98 valence electrons. The molecule has 4 nitrogen and oxygen atoms in total. The predicted octanol–water partition coefficient (Wildman–Crippen LogP) is 4.19. The third-order valence-corrected chi connectivity index (χ3v) is 2.81. The average Bonchev–Trinajstić information content (AvgIpc) is 2.32. The maximum atomic E-state index is 10.9. The normalized spacial score (nSPS) is 10.3. The summed E-state index contributed by atoms with van der Waals surface area (Å²) in [6.45, 7) is 1.90. The monoisotopic (exact) mass is 297 g/mol. The molecule has 0 spiro atoms. The number of carboxylic acid groups (broad SMARTS) is 1. The summed E-state index contributed by atoms with van der Waals surface area (Å²) in [5, 5.41) is 9.38. The van der Waals surface area contributed by atoms with Crippen molar-refractivity contribution in [2.24, 2.45) is 0 Å². The zero-order chi connectivity index (χ0) is 14.0. The smallest absolute Gasteiger partial charge is 0.335 e. The Morgan fingerprint density at radius 1 is 1.26 bits per heavy atom. The van der Waals surface area contributed by atoms with Gasteiger partial charge in [-0.2, -0.15) is 0 Å². The maximum Gasteiger partial charge on any atom is 0.335 e. The van der Waals surface area contributed by atoms with Gasteiger partial charge in [-0.05, 0) is 30.7 Å². The standard InChI is InChI=1S/C13H9Cl2NO3/c1-7-2-3-10(9(14)4-7)19-12-6-8(13(17)18)5-11(15)16-12/h2-6H,1H3,(H,17,18). The molecule has 0 amide bonds. The number of aryl methyl sites for hydroxylation is 1. The van der Waals surface area contributed by atoms with Crippen LogP contribution in [0.2, 0.25) is 10.2 Å². The lowest BCUT2D eigenvalue weighted by Crippen LogP contribution is -1.98. The van der Waals surface area contributed by atoms with Gasteiger partial charge in [0.15, 0.2) is 0 Å². The Morgan fingerprint density at radius 3 is 2.63 bits per heavy atom. The van der Waals surface area contributed by atoms with Gasteiger partial charge in [0.2, 0.25) is 5.88 Å². The Bertz CT molecular complexity index is 644. The van der Waals surface area contributed by atoms with Gasteiger partial charge in [0, 0.05) is 6.07 Å². The van der Waals surface area contributed by atoms with Crippen LogP contribution in [0.1, 0.15) is 15.9 Å². The van der Waals surface area contributed by atoms with Crippen LogP contribution in [0.3, 0.4) is 0 Å². The van der Waals surface area contributed by atoms with Crippen molar-refractivity contribution in [3.8, 4) is 11.6 Å². The number of hydrogen-bond donors (Lipinski definition) is 1. The minimum Gasteiger partial charge on any atom is -0.478 e. The van der Waals surface area contributed by atoms with E-state index in [1.807, 2.05) is 13.0 Å². The molecule has 0 saturated carbocycles. The maximum absolute atomic E-state index is 10.9. The number of ether oxygens (including phenoxy) is 1. The second-order valence-corrected chi connectivity index (χ2v) is 4.65. The van der Waals surface area contributed by atoms with E-state index >= 15 is 0 Å². The Labute approximate surface area is 119 Å². The molecule has 0 aliphatic carbocycles. The van der Waals surface area contributed by atoms with Crippen LogP contribution < -0.4 is 4.74 Å². The fourth-order valence-corrected chi connectivity index (χ4v) is 1.92. The van der Waals surface area contributed by atoms with Gasteiger partial charge in [0.05, 0.1) is 10.6 Å². The van der Waals surface area contributed by atoms with Crippen LogP contribution in [-0.2, 0) is 0 Å².